The molecule has 1 heterocycles. The molecule has 1 aliphatic heterocycles. The number of carbonyl (C=O) groups excluding carboxylic acids is 3. The maximum Gasteiger partial charge on any atom is 0.345 e. The smallest absolute Gasteiger partial charge is 0.329 e. The van der Waals surface area contributed by atoms with Crippen LogP contribution in [0.25, 0.3) is 0 Å². The molecule has 1 fully saturated rings. The van der Waals surface area contributed by atoms with Crippen molar-refractivity contribution in [3.05, 3.63) is 0 Å². The molecule has 7 heteroatoms. The molecular formula is C7H9NO5S. The van der Waals surface area contributed by atoms with E-state index in [-0.39, 0.29) is 18.6 Å². The molecule has 0 unspecified atom stereocenters. The molecule has 0 aliphatic carbocycles. The summed E-state index contributed by atoms with van der Waals surface area (Å²) in [6.07, 6.45) is 0.201. The van der Waals surface area contributed by atoms with E-state index in [1.54, 1.807) is 0 Å². The Labute approximate surface area is 84.7 Å². The largest absolute Gasteiger partial charge is 0.345 e. The Kier molecular flexibility index (Phi) is 3.90. The first-order chi connectivity index (χ1) is 6.65. The highest BCUT2D eigenvalue weighted by Crippen LogP contribution is 2.12. The second-order valence-electron chi connectivity index (χ2n) is 2.47. The van der Waals surface area contributed by atoms with Crippen molar-refractivity contribution in [3.63, 3.8) is 0 Å². The molecule has 0 atom stereocenters. The van der Waals surface area contributed by atoms with Gasteiger partial charge in [-0.2, -0.15) is 0 Å². The van der Waals surface area contributed by atoms with E-state index < -0.39 is 17.8 Å². The van der Waals surface area contributed by atoms with E-state index in [4.69, 9.17) is 0 Å². The van der Waals surface area contributed by atoms with Gasteiger partial charge in [-0.15, -0.1) is 5.06 Å². The van der Waals surface area contributed by atoms with Crippen molar-refractivity contribution in [2.45, 2.75) is 12.8 Å². The molecule has 6 nitrogen and oxygen atoms in total. The third kappa shape index (κ3) is 2.71. The summed E-state index contributed by atoms with van der Waals surface area (Å²) < 4.78 is 4.56. The van der Waals surface area contributed by atoms with Gasteiger partial charge in [-0.3, -0.25) is 9.59 Å². The van der Waals surface area contributed by atoms with Gasteiger partial charge in [0.05, 0.1) is 7.11 Å². The van der Waals surface area contributed by atoms with E-state index in [9.17, 15) is 14.4 Å². The van der Waals surface area contributed by atoms with Crippen LogP contribution in [0.1, 0.15) is 12.8 Å². The SMILES string of the molecule is COSCC(=O)ON1C(=O)CCC1=O. The van der Waals surface area contributed by atoms with Crippen molar-refractivity contribution >= 4 is 29.8 Å². The molecule has 78 valence electrons. The molecule has 0 aromatic rings. The summed E-state index contributed by atoms with van der Waals surface area (Å²) in [4.78, 5) is 37.5. The van der Waals surface area contributed by atoms with Crippen molar-refractivity contribution in [1.82, 2.24) is 5.06 Å². The van der Waals surface area contributed by atoms with Crippen molar-refractivity contribution in [1.29, 1.82) is 0 Å². The minimum absolute atomic E-state index is 0.0619. The fourth-order valence-electron chi connectivity index (χ4n) is 0.893. The van der Waals surface area contributed by atoms with Crippen LogP contribution in [0.5, 0.6) is 0 Å². The monoisotopic (exact) mass is 219 g/mol. The van der Waals surface area contributed by atoms with Gasteiger partial charge >= 0.3 is 5.97 Å². The van der Waals surface area contributed by atoms with Gasteiger partial charge in [-0.25, -0.2) is 4.79 Å². The first kappa shape index (κ1) is 11.0. The van der Waals surface area contributed by atoms with Crippen LogP contribution in [0.3, 0.4) is 0 Å². The highest BCUT2D eigenvalue weighted by molar-refractivity contribution is 7.95. The average molecular weight is 219 g/mol. The van der Waals surface area contributed by atoms with Crippen LogP contribution in [0.4, 0.5) is 0 Å². The van der Waals surface area contributed by atoms with Gasteiger partial charge in [-0.05, 0) is 0 Å². The summed E-state index contributed by atoms with van der Waals surface area (Å²) in [5.74, 6) is -1.70. The zero-order valence-corrected chi connectivity index (χ0v) is 8.33. The van der Waals surface area contributed by atoms with Crippen molar-refractivity contribution in [2.24, 2.45) is 0 Å². The van der Waals surface area contributed by atoms with Gasteiger partial charge in [0.1, 0.15) is 5.75 Å². The first-order valence-electron chi connectivity index (χ1n) is 3.87. The van der Waals surface area contributed by atoms with Crippen LogP contribution in [-0.4, -0.2) is 35.7 Å². The predicted octanol–water partition coefficient (Wildman–Crippen LogP) is -0.112. The maximum absolute atomic E-state index is 11.0. The Morgan fingerprint density at radius 2 is 2.00 bits per heavy atom. The van der Waals surface area contributed by atoms with Crippen LogP contribution < -0.4 is 0 Å². The zero-order chi connectivity index (χ0) is 10.6. The topological polar surface area (TPSA) is 72.9 Å². The van der Waals surface area contributed by atoms with Gasteiger partial charge < -0.3 is 9.02 Å². The van der Waals surface area contributed by atoms with E-state index in [1.807, 2.05) is 0 Å². The van der Waals surface area contributed by atoms with Crippen LogP contribution in [0.2, 0.25) is 0 Å². The average Bonchev–Trinajstić information content (AvgIpc) is 2.46. The van der Waals surface area contributed by atoms with Gasteiger partial charge in [0, 0.05) is 24.9 Å². The molecule has 0 N–H and O–H groups in total. The van der Waals surface area contributed by atoms with Crippen LogP contribution in [0, 0.1) is 0 Å². The lowest BCUT2D eigenvalue weighted by Gasteiger charge is -2.11. The summed E-state index contributed by atoms with van der Waals surface area (Å²) in [5, 5.41) is 0.512. The fourth-order valence-corrected chi connectivity index (χ4v) is 1.16. The Bertz CT molecular complexity index is 251. The summed E-state index contributed by atoms with van der Waals surface area (Å²) >= 11 is 0.878. The third-order valence-corrected chi connectivity index (χ3v) is 2.08. The summed E-state index contributed by atoms with van der Waals surface area (Å²) in [6.45, 7) is 0. The van der Waals surface area contributed by atoms with Gasteiger partial charge in [0.2, 0.25) is 0 Å². The molecule has 0 aromatic carbocycles. The highest BCUT2D eigenvalue weighted by atomic mass is 32.2. The van der Waals surface area contributed by atoms with Crippen molar-refractivity contribution in [2.75, 3.05) is 12.9 Å². The lowest BCUT2D eigenvalue weighted by atomic mass is 10.4. The Hall–Kier alpha value is -1.08. The van der Waals surface area contributed by atoms with Crippen molar-refractivity contribution < 1.29 is 23.4 Å². The first-order valence-corrected chi connectivity index (χ1v) is 4.78. The minimum Gasteiger partial charge on any atom is -0.329 e. The molecule has 0 aromatic heterocycles. The minimum atomic E-state index is -0.680. The van der Waals surface area contributed by atoms with E-state index in [0.717, 1.165) is 12.0 Å². The summed E-state index contributed by atoms with van der Waals surface area (Å²) in [5.41, 5.74) is 0. The van der Waals surface area contributed by atoms with Gasteiger partial charge in [0.15, 0.2) is 0 Å². The van der Waals surface area contributed by atoms with E-state index in [0.29, 0.717) is 5.06 Å². The molecule has 0 saturated carbocycles. The molecule has 2 amide bonds. The number of carbonyl (C=O) groups is 3. The lowest BCUT2D eigenvalue weighted by Crippen LogP contribution is -2.32. The van der Waals surface area contributed by atoms with Crippen LogP contribution in [0.15, 0.2) is 0 Å². The standard InChI is InChI=1S/C7H9NO5S/c1-12-14-4-7(11)13-8-5(9)2-3-6(8)10/h2-4H2,1H3. The van der Waals surface area contributed by atoms with E-state index in [2.05, 4.69) is 9.02 Å². The third-order valence-electron chi connectivity index (χ3n) is 1.49. The molecule has 1 aliphatic rings. The lowest BCUT2D eigenvalue weighted by molar-refractivity contribution is -0.195. The molecule has 0 radical (unpaired) electrons. The zero-order valence-electron chi connectivity index (χ0n) is 7.52. The normalized spacial score (nSPS) is 16.2. The second kappa shape index (κ2) is 4.97. The Morgan fingerprint density at radius 3 is 2.50 bits per heavy atom. The van der Waals surface area contributed by atoms with Crippen molar-refractivity contribution in [3.8, 4) is 0 Å². The molecule has 1 saturated heterocycles. The van der Waals surface area contributed by atoms with Crippen LogP contribution in [-0.2, 0) is 23.4 Å². The molecule has 0 bridgehead atoms. The number of amides is 2. The quantitative estimate of drug-likeness (QED) is 0.485. The number of hydrogen-bond donors (Lipinski definition) is 0. The molecular weight excluding hydrogens is 210 g/mol. The Morgan fingerprint density at radius 1 is 1.43 bits per heavy atom. The van der Waals surface area contributed by atoms with E-state index >= 15 is 0 Å². The van der Waals surface area contributed by atoms with E-state index in [1.165, 1.54) is 7.11 Å². The Balaban J connectivity index is 2.39. The number of imide groups is 1. The van der Waals surface area contributed by atoms with Gasteiger partial charge in [-0.1, -0.05) is 0 Å². The molecule has 14 heavy (non-hydrogen) atoms. The highest BCUT2D eigenvalue weighted by Gasteiger charge is 2.32. The molecule has 0 spiro atoms. The number of rotatable bonds is 4. The number of hydrogen-bond acceptors (Lipinski definition) is 6. The summed E-state index contributed by atoms with van der Waals surface area (Å²) in [6, 6.07) is 0. The van der Waals surface area contributed by atoms with Gasteiger partial charge in [0.25, 0.3) is 11.8 Å². The predicted molar refractivity (Wildman–Crippen MR) is 46.6 cm³/mol. The molecule has 1 rings (SSSR count). The number of nitrogens with zero attached hydrogens (tertiary/aromatic N) is 1. The van der Waals surface area contributed by atoms with Crippen LogP contribution >= 0.6 is 12.0 Å². The maximum atomic E-state index is 11.0. The summed E-state index contributed by atoms with van der Waals surface area (Å²) in [7, 11) is 1.41. The second-order valence-corrected chi connectivity index (χ2v) is 3.33. The fraction of sp³-hybridized carbons (Fsp3) is 0.571. The number of hydroxylamine groups is 2.